The van der Waals surface area contributed by atoms with E-state index in [1.165, 1.54) is 0 Å². The van der Waals surface area contributed by atoms with E-state index in [-0.39, 0.29) is 5.91 Å². The Bertz CT molecular complexity index is 899. The fraction of sp³-hybridized carbons (Fsp3) is 0.0625. The molecule has 0 aliphatic rings. The van der Waals surface area contributed by atoms with Crippen LogP contribution in [0.15, 0.2) is 42.5 Å². The second kappa shape index (κ2) is 7.17. The summed E-state index contributed by atoms with van der Waals surface area (Å²) >= 11 is 13.0. The topological polar surface area (TPSA) is 64.1 Å². The first-order chi connectivity index (χ1) is 11.6. The maximum atomic E-state index is 12.6. The summed E-state index contributed by atoms with van der Waals surface area (Å²) in [6.45, 7) is 0. The Morgan fingerprint density at radius 3 is 2.83 bits per heavy atom. The molecule has 3 rings (SSSR count). The molecule has 5 nitrogen and oxygen atoms in total. The Kier molecular flexibility index (Phi) is 4.99. The summed E-state index contributed by atoms with van der Waals surface area (Å²) in [6, 6.07) is 12.1. The summed E-state index contributed by atoms with van der Waals surface area (Å²) in [4.78, 5) is 12.9. The zero-order valence-electron chi connectivity index (χ0n) is 12.4. The van der Waals surface area contributed by atoms with Gasteiger partial charge in [-0.25, -0.2) is 0 Å². The standard InChI is InChI=1S/C16H11Cl2N3O2S/c1-23-11-4-2-3-9(7-11)14-15(24-21-20-14)16(22)19-13-8-10(17)5-6-12(13)18/h2-8H,1H3,(H,19,22). The number of nitrogens with zero attached hydrogens (tertiary/aromatic N) is 2. The highest BCUT2D eigenvalue weighted by Crippen LogP contribution is 2.30. The smallest absolute Gasteiger partial charge is 0.269 e. The average molecular weight is 380 g/mol. The maximum Gasteiger partial charge on any atom is 0.269 e. The molecular weight excluding hydrogens is 369 g/mol. The molecular formula is C16H11Cl2N3O2S. The zero-order valence-corrected chi connectivity index (χ0v) is 14.7. The predicted octanol–water partition coefficient (Wildman–Crippen LogP) is 4.77. The van der Waals surface area contributed by atoms with Crippen molar-refractivity contribution in [2.75, 3.05) is 12.4 Å². The van der Waals surface area contributed by atoms with Crippen LogP contribution in [-0.4, -0.2) is 22.6 Å². The van der Waals surface area contributed by atoms with Crippen molar-refractivity contribution < 1.29 is 9.53 Å². The SMILES string of the molecule is COc1cccc(-c2nnsc2C(=O)Nc2cc(Cl)ccc2Cl)c1. The van der Waals surface area contributed by atoms with Gasteiger partial charge in [-0.15, -0.1) is 5.10 Å². The van der Waals surface area contributed by atoms with Gasteiger partial charge in [0.1, 0.15) is 16.3 Å². The zero-order chi connectivity index (χ0) is 17.1. The van der Waals surface area contributed by atoms with Crippen LogP contribution >= 0.6 is 34.7 Å². The number of aromatic nitrogens is 2. The summed E-state index contributed by atoms with van der Waals surface area (Å²) < 4.78 is 9.09. The highest BCUT2D eigenvalue weighted by atomic mass is 35.5. The van der Waals surface area contributed by atoms with Gasteiger partial charge in [0.15, 0.2) is 0 Å². The number of rotatable bonds is 4. The number of ether oxygens (including phenoxy) is 1. The van der Waals surface area contributed by atoms with E-state index in [4.69, 9.17) is 27.9 Å². The van der Waals surface area contributed by atoms with Crippen molar-refractivity contribution in [1.29, 1.82) is 0 Å². The molecule has 1 heterocycles. The first kappa shape index (κ1) is 16.7. The maximum absolute atomic E-state index is 12.6. The van der Waals surface area contributed by atoms with E-state index in [9.17, 15) is 4.79 Å². The van der Waals surface area contributed by atoms with Crippen molar-refractivity contribution in [2.24, 2.45) is 0 Å². The van der Waals surface area contributed by atoms with Crippen molar-refractivity contribution in [3.63, 3.8) is 0 Å². The molecule has 0 unspecified atom stereocenters. The van der Waals surface area contributed by atoms with Crippen LogP contribution in [0, 0.1) is 0 Å². The first-order valence-electron chi connectivity index (χ1n) is 6.81. The molecule has 24 heavy (non-hydrogen) atoms. The van der Waals surface area contributed by atoms with E-state index < -0.39 is 0 Å². The van der Waals surface area contributed by atoms with Gasteiger partial charge in [0.25, 0.3) is 5.91 Å². The second-order valence-electron chi connectivity index (χ2n) is 4.76. The van der Waals surface area contributed by atoms with Crippen LogP contribution in [0.2, 0.25) is 10.0 Å². The van der Waals surface area contributed by atoms with Gasteiger partial charge in [0, 0.05) is 10.6 Å². The molecule has 1 aromatic heterocycles. The molecule has 0 spiro atoms. The number of carbonyl (C=O) groups excluding carboxylic acids is 1. The van der Waals surface area contributed by atoms with Crippen LogP contribution < -0.4 is 10.1 Å². The highest BCUT2D eigenvalue weighted by molar-refractivity contribution is 7.08. The van der Waals surface area contributed by atoms with Crippen molar-refractivity contribution >= 4 is 46.3 Å². The van der Waals surface area contributed by atoms with Gasteiger partial charge >= 0.3 is 0 Å². The number of anilines is 1. The number of methoxy groups -OCH3 is 1. The third-order valence-electron chi connectivity index (χ3n) is 3.21. The molecule has 2 aromatic carbocycles. The van der Waals surface area contributed by atoms with E-state index in [1.54, 1.807) is 31.4 Å². The van der Waals surface area contributed by atoms with Gasteiger partial charge < -0.3 is 10.1 Å². The van der Waals surface area contributed by atoms with Crippen LogP contribution in [0.5, 0.6) is 5.75 Å². The molecule has 0 saturated heterocycles. The van der Waals surface area contributed by atoms with Crippen LogP contribution in [0.25, 0.3) is 11.3 Å². The Labute approximate surface area is 152 Å². The molecule has 1 N–H and O–H groups in total. The first-order valence-corrected chi connectivity index (χ1v) is 8.34. The second-order valence-corrected chi connectivity index (χ2v) is 6.36. The number of hydrogen-bond donors (Lipinski definition) is 1. The Hall–Kier alpha value is -2.15. The number of carbonyl (C=O) groups is 1. The molecule has 0 fully saturated rings. The minimum atomic E-state index is -0.355. The lowest BCUT2D eigenvalue weighted by Crippen LogP contribution is -2.11. The summed E-state index contributed by atoms with van der Waals surface area (Å²) in [6.07, 6.45) is 0. The quantitative estimate of drug-likeness (QED) is 0.708. The number of amides is 1. The molecule has 8 heteroatoms. The van der Waals surface area contributed by atoms with Crippen molar-refractivity contribution in [1.82, 2.24) is 9.59 Å². The van der Waals surface area contributed by atoms with E-state index >= 15 is 0 Å². The third-order valence-corrected chi connectivity index (χ3v) is 4.50. The van der Waals surface area contributed by atoms with E-state index in [0.29, 0.717) is 32.1 Å². The molecule has 122 valence electrons. The molecule has 0 saturated carbocycles. The van der Waals surface area contributed by atoms with Gasteiger partial charge in [-0.1, -0.05) is 39.8 Å². The summed E-state index contributed by atoms with van der Waals surface area (Å²) in [5.41, 5.74) is 1.65. The van der Waals surface area contributed by atoms with Crippen LogP contribution in [0.1, 0.15) is 9.67 Å². The van der Waals surface area contributed by atoms with E-state index in [0.717, 1.165) is 17.1 Å². The minimum absolute atomic E-state index is 0.355. The molecule has 3 aromatic rings. The van der Waals surface area contributed by atoms with Gasteiger partial charge in [0.05, 0.1) is 17.8 Å². The van der Waals surface area contributed by atoms with Crippen molar-refractivity contribution in [2.45, 2.75) is 0 Å². The Morgan fingerprint density at radius 2 is 2.04 bits per heavy atom. The van der Waals surface area contributed by atoms with E-state index in [1.807, 2.05) is 18.2 Å². The van der Waals surface area contributed by atoms with Crippen molar-refractivity contribution in [3.8, 4) is 17.0 Å². The Balaban J connectivity index is 1.92. The van der Waals surface area contributed by atoms with Gasteiger partial charge in [-0.2, -0.15) is 0 Å². The lowest BCUT2D eigenvalue weighted by atomic mass is 10.1. The van der Waals surface area contributed by atoms with Crippen LogP contribution in [-0.2, 0) is 0 Å². The molecule has 0 aliphatic carbocycles. The third kappa shape index (κ3) is 3.51. The lowest BCUT2D eigenvalue weighted by Gasteiger charge is -2.07. The minimum Gasteiger partial charge on any atom is -0.497 e. The van der Waals surface area contributed by atoms with Gasteiger partial charge in [0.2, 0.25) is 0 Å². The molecule has 0 radical (unpaired) electrons. The van der Waals surface area contributed by atoms with Crippen LogP contribution in [0.4, 0.5) is 5.69 Å². The molecule has 0 atom stereocenters. The number of nitrogens with one attached hydrogen (secondary N) is 1. The summed E-state index contributed by atoms with van der Waals surface area (Å²) in [5.74, 6) is 0.316. The predicted molar refractivity (Wildman–Crippen MR) is 96.3 cm³/mol. The highest BCUT2D eigenvalue weighted by Gasteiger charge is 2.19. The largest absolute Gasteiger partial charge is 0.497 e. The summed E-state index contributed by atoms with van der Waals surface area (Å²) in [7, 11) is 1.58. The Morgan fingerprint density at radius 1 is 1.21 bits per heavy atom. The summed E-state index contributed by atoms with van der Waals surface area (Å²) in [5, 5.41) is 7.67. The van der Waals surface area contributed by atoms with Gasteiger partial charge in [-0.05, 0) is 41.9 Å². The van der Waals surface area contributed by atoms with E-state index in [2.05, 4.69) is 14.9 Å². The lowest BCUT2D eigenvalue weighted by molar-refractivity contribution is 0.103. The van der Waals surface area contributed by atoms with Crippen LogP contribution in [0.3, 0.4) is 0 Å². The fourth-order valence-corrected chi connectivity index (χ4v) is 2.99. The fourth-order valence-electron chi connectivity index (χ4n) is 2.07. The van der Waals surface area contributed by atoms with Gasteiger partial charge in [-0.3, -0.25) is 4.79 Å². The normalized spacial score (nSPS) is 10.5. The molecule has 1 amide bonds. The number of hydrogen-bond acceptors (Lipinski definition) is 5. The average Bonchev–Trinajstić information content (AvgIpc) is 3.08. The number of benzene rings is 2. The van der Waals surface area contributed by atoms with Crippen molar-refractivity contribution in [3.05, 3.63) is 57.4 Å². The molecule has 0 aliphatic heterocycles. The number of halogens is 2. The molecule has 0 bridgehead atoms. The monoisotopic (exact) mass is 379 g/mol.